The molecule has 0 atom stereocenters. The standard InChI is InChI=1S/C18H23NO/c1-2-19-17-9-11-18(20,12-10-17)16-8-7-14-5-3-4-6-15(14)13-16/h3-8,13,17,19-20H,2,9-12H2,1H3. The zero-order valence-corrected chi connectivity index (χ0v) is 12.1. The molecule has 0 saturated heterocycles. The van der Waals surface area contributed by atoms with E-state index in [0.29, 0.717) is 6.04 Å². The summed E-state index contributed by atoms with van der Waals surface area (Å²) in [6.45, 7) is 3.16. The molecular formula is C18H23NO. The van der Waals surface area contributed by atoms with Gasteiger partial charge in [-0.2, -0.15) is 0 Å². The largest absolute Gasteiger partial charge is 0.385 e. The lowest BCUT2D eigenvalue weighted by Gasteiger charge is -2.37. The van der Waals surface area contributed by atoms with Crippen LogP contribution in [0.25, 0.3) is 10.8 Å². The second-order valence-corrected chi connectivity index (χ2v) is 5.93. The highest BCUT2D eigenvalue weighted by Gasteiger charge is 2.34. The van der Waals surface area contributed by atoms with Crippen LogP contribution in [0, 0.1) is 0 Å². The van der Waals surface area contributed by atoms with Crippen molar-refractivity contribution in [2.24, 2.45) is 0 Å². The first-order valence-corrected chi connectivity index (χ1v) is 7.66. The van der Waals surface area contributed by atoms with Crippen LogP contribution in [0.3, 0.4) is 0 Å². The summed E-state index contributed by atoms with van der Waals surface area (Å²) >= 11 is 0. The summed E-state index contributed by atoms with van der Waals surface area (Å²) in [7, 11) is 0. The number of hydrogen-bond donors (Lipinski definition) is 2. The van der Waals surface area contributed by atoms with Crippen molar-refractivity contribution in [1.82, 2.24) is 5.32 Å². The van der Waals surface area contributed by atoms with Crippen molar-refractivity contribution in [3.05, 3.63) is 48.0 Å². The summed E-state index contributed by atoms with van der Waals surface area (Å²) in [4.78, 5) is 0. The monoisotopic (exact) mass is 269 g/mol. The summed E-state index contributed by atoms with van der Waals surface area (Å²) < 4.78 is 0. The average Bonchev–Trinajstić information content (AvgIpc) is 2.49. The van der Waals surface area contributed by atoms with Gasteiger partial charge in [0.2, 0.25) is 0 Å². The maximum absolute atomic E-state index is 11.0. The van der Waals surface area contributed by atoms with E-state index < -0.39 is 5.60 Å². The number of hydrogen-bond acceptors (Lipinski definition) is 2. The SMILES string of the molecule is CCNC1CCC(O)(c2ccc3ccccc3c2)CC1. The summed E-state index contributed by atoms with van der Waals surface area (Å²) in [6, 6.07) is 15.3. The number of fused-ring (bicyclic) bond motifs is 1. The molecule has 2 heteroatoms. The van der Waals surface area contributed by atoms with Crippen molar-refractivity contribution in [1.29, 1.82) is 0 Å². The summed E-state index contributed by atoms with van der Waals surface area (Å²) in [5.74, 6) is 0. The lowest BCUT2D eigenvalue weighted by molar-refractivity contribution is -0.00803. The molecule has 20 heavy (non-hydrogen) atoms. The second kappa shape index (κ2) is 5.55. The molecule has 1 saturated carbocycles. The summed E-state index contributed by atoms with van der Waals surface area (Å²) in [6.07, 6.45) is 3.81. The Kier molecular flexibility index (Phi) is 3.77. The van der Waals surface area contributed by atoms with E-state index >= 15 is 0 Å². The molecule has 0 unspecified atom stereocenters. The maximum Gasteiger partial charge on any atom is 0.0898 e. The molecule has 0 spiro atoms. The Hall–Kier alpha value is -1.38. The van der Waals surface area contributed by atoms with E-state index in [1.807, 2.05) is 0 Å². The van der Waals surface area contributed by atoms with Crippen molar-refractivity contribution in [2.75, 3.05) is 6.54 Å². The minimum atomic E-state index is -0.643. The molecule has 2 N–H and O–H groups in total. The fourth-order valence-electron chi connectivity index (χ4n) is 3.36. The fourth-order valence-corrected chi connectivity index (χ4v) is 3.36. The molecular weight excluding hydrogens is 246 g/mol. The molecule has 0 aliphatic heterocycles. The Labute approximate surface area is 120 Å². The summed E-state index contributed by atoms with van der Waals surface area (Å²) in [5, 5.41) is 16.9. The molecule has 0 amide bonds. The van der Waals surface area contributed by atoms with Crippen LogP contribution < -0.4 is 5.32 Å². The first kappa shape index (κ1) is 13.6. The first-order valence-electron chi connectivity index (χ1n) is 7.66. The lowest BCUT2D eigenvalue weighted by Crippen LogP contribution is -2.39. The van der Waals surface area contributed by atoms with Gasteiger partial charge in [-0.05, 0) is 54.6 Å². The van der Waals surface area contributed by atoms with Gasteiger partial charge >= 0.3 is 0 Å². The Morgan fingerprint density at radius 2 is 1.80 bits per heavy atom. The third-order valence-electron chi connectivity index (χ3n) is 4.59. The van der Waals surface area contributed by atoms with Gasteiger partial charge in [0, 0.05) is 6.04 Å². The molecule has 2 aromatic carbocycles. The van der Waals surface area contributed by atoms with E-state index in [9.17, 15) is 5.11 Å². The Morgan fingerprint density at radius 3 is 2.50 bits per heavy atom. The predicted octanol–water partition coefficient (Wildman–Crippen LogP) is 3.58. The van der Waals surface area contributed by atoms with Gasteiger partial charge in [0.05, 0.1) is 5.60 Å². The third-order valence-corrected chi connectivity index (χ3v) is 4.59. The molecule has 1 aliphatic rings. The van der Waals surface area contributed by atoms with Gasteiger partial charge in [-0.25, -0.2) is 0 Å². The number of nitrogens with one attached hydrogen (secondary N) is 1. The van der Waals surface area contributed by atoms with Crippen LogP contribution in [-0.2, 0) is 5.60 Å². The molecule has 1 fully saturated rings. The second-order valence-electron chi connectivity index (χ2n) is 5.93. The molecule has 2 nitrogen and oxygen atoms in total. The summed E-state index contributed by atoms with van der Waals surface area (Å²) in [5.41, 5.74) is 0.432. The van der Waals surface area contributed by atoms with Crippen LogP contribution in [0.2, 0.25) is 0 Å². The van der Waals surface area contributed by atoms with Gasteiger partial charge in [-0.1, -0.05) is 43.3 Å². The van der Waals surface area contributed by atoms with Crippen molar-refractivity contribution in [2.45, 2.75) is 44.2 Å². The Morgan fingerprint density at radius 1 is 1.10 bits per heavy atom. The highest BCUT2D eigenvalue weighted by molar-refractivity contribution is 5.83. The van der Waals surface area contributed by atoms with Crippen molar-refractivity contribution < 1.29 is 5.11 Å². The molecule has 0 bridgehead atoms. The minimum Gasteiger partial charge on any atom is -0.385 e. The van der Waals surface area contributed by atoms with Crippen molar-refractivity contribution >= 4 is 10.8 Å². The number of benzene rings is 2. The van der Waals surface area contributed by atoms with Gasteiger partial charge in [-0.3, -0.25) is 0 Å². The lowest BCUT2D eigenvalue weighted by atomic mass is 9.77. The van der Waals surface area contributed by atoms with Crippen LogP contribution in [0.5, 0.6) is 0 Å². The van der Waals surface area contributed by atoms with Gasteiger partial charge in [0.25, 0.3) is 0 Å². The topological polar surface area (TPSA) is 32.3 Å². The smallest absolute Gasteiger partial charge is 0.0898 e. The number of rotatable bonds is 3. The zero-order chi connectivity index (χ0) is 14.0. The molecule has 3 rings (SSSR count). The average molecular weight is 269 g/mol. The zero-order valence-electron chi connectivity index (χ0n) is 12.1. The van der Waals surface area contributed by atoms with E-state index in [1.165, 1.54) is 10.8 Å². The normalized spacial score (nSPS) is 26.8. The third kappa shape index (κ3) is 2.58. The van der Waals surface area contributed by atoms with Gasteiger partial charge in [0.1, 0.15) is 0 Å². The molecule has 106 valence electrons. The van der Waals surface area contributed by atoms with Gasteiger partial charge < -0.3 is 10.4 Å². The molecule has 2 aromatic rings. The van der Waals surface area contributed by atoms with Crippen LogP contribution >= 0.6 is 0 Å². The quantitative estimate of drug-likeness (QED) is 0.892. The Balaban J connectivity index is 1.83. The molecule has 0 radical (unpaired) electrons. The van der Waals surface area contributed by atoms with E-state index in [4.69, 9.17) is 0 Å². The van der Waals surface area contributed by atoms with E-state index in [0.717, 1.165) is 37.8 Å². The number of aliphatic hydroxyl groups is 1. The van der Waals surface area contributed by atoms with E-state index in [-0.39, 0.29) is 0 Å². The predicted molar refractivity (Wildman–Crippen MR) is 83.8 cm³/mol. The molecule has 0 heterocycles. The van der Waals surface area contributed by atoms with Gasteiger partial charge in [0.15, 0.2) is 0 Å². The fraction of sp³-hybridized carbons (Fsp3) is 0.444. The van der Waals surface area contributed by atoms with Crippen LogP contribution in [-0.4, -0.2) is 17.7 Å². The van der Waals surface area contributed by atoms with Crippen LogP contribution in [0.1, 0.15) is 38.2 Å². The van der Waals surface area contributed by atoms with E-state index in [2.05, 4.69) is 54.7 Å². The van der Waals surface area contributed by atoms with Crippen LogP contribution in [0.4, 0.5) is 0 Å². The van der Waals surface area contributed by atoms with Crippen molar-refractivity contribution in [3.63, 3.8) is 0 Å². The molecule has 0 aromatic heterocycles. The maximum atomic E-state index is 11.0. The Bertz CT molecular complexity index is 585. The highest BCUT2D eigenvalue weighted by atomic mass is 16.3. The van der Waals surface area contributed by atoms with E-state index in [1.54, 1.807) is 0 Å². The highest BCUT2D eigenvalue weighted by Crippen LogP contribution is 2.38. The minimum absolute atomic E-state index is 0.570. The molecule has 1 aliphatic carbocycles. The van der Waals surface area contributed by atoms with Crippen molar-refractivity contribution in [3.8, 4) is 0 Å². The first-order chi connectivity index (χ1) is 9.71. The van der Waals surface area contributed by atoms with Gasteiger partial charge in [-0.15, -0.1) is 0 Å². The van der Waals surface area contributed by atoms with Crippen LogP contribution in [0.15, 0.2) is 42.5 Å².